The fourth-order valence-corrected chi connectivity index (χ4v) is 3.17. The number of benzene rings is 1. The van der Waals surface area contributed by atoms with Crippen LogP contribution in [0.25, 0.3) is 0 Å². The van der Waals surface area contributed by atoms with Crippen molar-refractivity contribution in [3.05, 3.63) is 47.6 Å². The number of hydrogen-bond donors (Lipinski definition) is 2. The maximum Gasteiger partial charge on any atom is 0.238 e. The Bertz CT molecular complexity index is 631. The summed E-state index contributed by atoms with van der Waals surface area (Å²) in [5.41, 5.74) is 1.11. The maximum absolute atomic E-state index is 12.1. The molecule has 0 spiro atoms. The Morgan fingerprint density at radius 2 is 2.26 bits per heavy atom. The van der Waals surface area contributed by atoms with Gasteiger partial charge in [0.15, 0.2) is 5.82 Å². The zero-order chi connectivity index (χ0) is 15.4. The normalized spacial score (nSPS) is 18.2. The molecule has 8 heteroatoms. The zero-order valence-electron chi connectivity index (χ0n) is 12.7. The maximum atomic E-state index is 12.1. The first-order valence-corrected chi connectivity index (χ1v) is 8.36. The molecule has 1 amide bonds. The van der Waals surface area contributed by atoms with Gasteiger partial charge in [0.1, 0.15) is 0 Å². The first-order valence-electron chi connectivity index (χ1n) is 7.20. The van der Waals surface area contributed by atoms with E-state index >= 15 is 0 Å². The second-order valence-electron chi connectivity index (χ2n) is 5.21. The fraction of sp³-hybridized carbons (Fsp3) is 0.400. The van der Waals surface area contributed by atoms with Crippen molar-refractivity contribution in [1.29, 1.82) is 0 Å². The van der Waals surface area contributed by atoms with Crippen LogP contribution >= 0.6 is 24.2 Å². The molecule has 1 fully saturated rings. The van der Waals surface area contributed by atoms with Gasteiger partial charge in [-0.05, 0) is 12.5 Å². The number of carbonyl (C=O) groups is 1. The second kappa shape index (κ2) is 8.33. The fourth-order valence-electron chi connectivity index (χ4n) is 2.23. The van der Waals surface area contributed by atoms with Crippen molar-refractivity contribution in [3.8, 4) is 0 Å². The van der Waals surface area contributed by atoms with Gasteiger partial charge in [0.2, 0.25) is 11.8 Å². The number of hydrogen-bond acceptors (Lipinski definition) is 6. The van der Waals surface area contributed by atoms with E-state index in [1.54, 1.807) is 11.8 Å². The number of thioether (sulfide) groups is 1. The van der Waals surface area contributed by atoms with Crippen molar-refractivity contribution >= 4 is 30.1 Å². The van der Waals surface area contributed by atoms with Gasteiger partial charge in [-0.3, -0.25) is 10.1 Å². The predicted octanol–water partition coefficient (Wildman–Crippen LogP) is 1.92. The molecule has 2 atom stereocenters. The molecule has 0 saturated carbocycles. The van der Waals surface area contributed by atoms with E-state index in [4.69, 9.17) is 4.52 Å². The van der Waals surface area contributed by atoms with E-state index in [1.165, 1.54) is 0 Å². The monoisotopic (exact) mass is 354 g/mol. The molecule has 0 aliphatic carbocycles. The van der Waals surface area contributed by atoms with E-state index in [0.717, 1.165) is 17.2 Å². The van der Waals surface area contributed by atoms with Gasteiger partial charge in [-0.25, -0.2) is 0 Å². The molecule has 124 valence electrons. The number of halogens is 1. The number of carbonyl (C=O) groups excluding carboxylic acids is 1. The third kappa shape index (κ3) is 4.70. The van der Waals surface area contributed by atoms with Crippen molar-refractivity contribution in [1.82, 2.24) is 20.8 Å². The number of aromatic nitrogens is 2. The molecule has 6 nitrogen and oxygen atoms in total. The van der Waals surface area contributed by atoms with Crippen LogP contribution in [-0.2, 0) is 11.2 Å². The first kappa shape index (κ1) is 17.8. The third-order valence-electron chi connectivity index (χ3n) is 3.46. The molecular weight excluding hydrogens is 336 g/mol. The number of rotatable bonds is 5. The summed E-state index contributed by atoms with van der Waals surface area (Å²) in [6.45, 7) is 1.86. The minimum atomic E-state index is -0.270. The van der Waals surface area contributed by atoms with Crippen LogP contribution in [0.3, 0.4) is 0 Å². The summed E-state index contributed by atoms with van der Waals surface area (Å²) in [6, 6.07) is 9.54. The molecule has 0 bridgehead atoms. The van der Waals surface area contributed by atoms with Gasteiger partial charge in [0.25, 0.3) is 0 Å². The van der Waals surface area contributed by atoms with E-state index in [1.807, 2.05) is 37.3 Å². The van der Waals surface area contributed by atoms with E-state index in [9.17, 15) is 4.79 Å². The minimum Gasteiger partial charge on any atom is -0.345 e. The highest BCUT2D eigenvalue weighted by atomic mass is 35.5. The second-order valence-corrected chi connectivity index (χ2v) is 6.24. The summed E-state index contributed by atoms with van der Waals surface area (Å²) in [5.74, 6) is 2.65. The Morgan fingerprint density at radius 1 is 1.48 bits per heavy atom. The van der Waals surface area contributed by atoms with Crippen molar-refractivity contribution < 1.29 is 9.32 Å². The Balaban J connectivity index is 0.00000192. The molecule has 2 N–H and O–H groups in total. The van der Waals surface area contributed by atoms with E-state index in [-0.39, 0.29) is 30.4 Å². The SMILES string of the molecule is CC(NC(=O)[C@H]1CSCN1)c1noc(Cc2ccccc2)n1.Cl. The molecule has 0 radical (unpaired) electrons. The van der Waals surface area contributed by atoms with Crippen molar-refractivity contribution in [2.24, 2.45) is 0 Å². The number of nitrogens with one attached hydrogen (secondary N) is 2. The van der Waals surface area contributed by atoms with Crippen molar-refractivity contribution in [3.63, 3.8) is 0 Å². The predicted molar refractivity (Wildman–Crippen MR) is 91.6 cm³/mol. The van der Waals surface area contributed by atoms with Crippen LogP contribution in [0.15, 0.2) is 34.9 Å². The topological polar surface area (TPSA) is 80.0 Å². The molecule has 1 aliphatic rings. The number of nitrogens with zero attached hydrogens (tertiary/aromatic N) is 2. The van der Waals surface area contributed by atoms with Crippen molar-refractivity contribution in [2.45, 2.75) is 25.4 Å². The smallest absolute Gasteiger partial charge is 0.238 e. The van der Waals surface area contributed by atoms with Gasteiger partial charge in [0.05, 0.1) is 18.5 Å². The highest BCUT2D eigenvalue weighted by molar-refractivity contribution is 7.99. The summed E-state index contributed by atoms with van der Waals surface area (Å²) >= 11 is 1.72. The van der Waals surface area contributed by atoms with Crippen LogP contribution in [0.5, 0.6) is 0 Å². The summed E-state index contributed by atoms with van der Waals surface area (Å²) in [5, 5.41) is 10.0. The lowest BCUT2D eigenvalue weighted by molar-refractivity contribution is -0.123. The molecule has 1 saturated heterocycles. The highest BCUT2D eigenvalue weighted by Gasteiger charge is 2.25. The average Bonchev–Trinajstić information content (AvgIpc) is 3.19. The minimum absolute atomic E-state index is 0. The zero-order valence-corrected chi connectivity index (χ0v) is 14.3. The van der Waals surface area contributed by atoms with Crippen LogP contribution < -0.4 is 10.6 Å². The van der Waals surface area contributed by atoms with Gasteiger partial charge in [-0.15, -0.1) is 24.2 Å². The lowest BCUT2D eigenvalue weighted by Crippen LogP contribution is -2.43. The Kier molecular flexibility index (Phi) is 6.44. The van der Waals surface area contributed by atoms with Crippen LogP contribution in [0.4, 0.5) is 0 Å². The molecule has 2 aromatic rings. The van der Waals surface area contributed by atoms with E-state index in [0.29, 0.717) is 18.1 Å². The van der Waals surface area contributed by atoms with Gasteiger partial charge >= 0.3 is 0 Å². The molecular formula is C15H19ClN4O2S. The van der Waals surface area contributed by atoms with Gasteiger partial charge in [-0.2, -0.15) is 4.98 Å². The molecule has 1 aliphatic heterocycles. The lowest BCUT2D eigenvalue weighted by atomic mass is 10.1. The van der Waals surface area contributed by atoms with Crippen LogP contribution in [0.2, 0.25) is 0 Å². The molecule has 1 aromatic carbocycles. The van der Waals surface area contributed by atoms with E-state index in [2.05, 4.69) is 20.8 Å². The van der Waals surface area contributed by atoms with Crippen LogP contribution in [0, 0.1) is 0 Å². The quantitative estimate of drug-likeness (QED) is 0.854. The van der Waals surface area contributed by atoms with Crippen molar-refractivity contribution in [2.75, 3.05) is 11.6 Å². The Hall–Kier alpha value is -1.57. The first-order chi connectivity index (χ1) is 10.7. The summed E-state index contributed by atoms with van der Waals surface area (Å²) in [6.07, 6.45) is 0.593. The van der Waals surface area contributed by atoms with Gasteiger partial charge < -0.3 is 9.84 Å². The summed E-state index contributed by atoms with van der Waals surface area (Å²) in [4.78, 5) is 16.4. The summed E-state index contributed by atoms with van der Waals surface area (Å²) in [7, 11) is 0. The van der Waals surface area contributed by atoms with Crippen LogP contribution in [-0.4, -0.2) is 33.7 Å². The average molecular weight is 355 g/mol. The Morgan fingerprint density at radius 3 is 2.96 bits per heavy atom. The largest absolute Gasteiger partial charge is 0.345 e. The molecule has 3 rings (SSSR count). The summed E-state index contributed by atoms with van der Waals surface area (Å²) < 4.78 is 5.26. The Labute approximate surface area is 145 Å². The lowest BCUT2D eigenvalue weighted by Gasteiger charge is -2.13. The molecule has 1 unspecified atom stereocenters. The van der Waals surface area contributed by atoms with Gasteiger partial charge in [0, 0.05) is 11.6 Å². The van der Waals surface area contributed by atoms with Gasteiger partial charge in [-0.1, -0.05) is 35.5 Å². The van der Waals surface area contributed by atoms with E-state index < -0.39 is 0 Å². The van der Waals surface area contributed by atoms with Crippen LogP contribution in [0.1, 0.15) is 30.2 Å². The standard InChI is InChI=1S/C15H18N4O2S.ClH/c1-10(17-15(20)12-8-22-9-16-12)14-18-13(21-19-14)7-11-5-3-2-4-6-11;/h2-6,10,12,16H,7-9H2,1H3,(H,17,20);1H/t10?,12-;/m1./s1. The molecule has 1 aromatic heterocycles. The highest BCUT2D eigenvalue weighted by Crippen LogP contribution is 2.14. The third-order valence-corrected chi connectivity index (χ3v) is 4.40. The molecule has 2 heterocycles. The molecule has 23 heavy (non-hydrogen) atoms. The number of amides is 1.